The summed E-state index contributed by atoms with van der Waals surface area (Å²) in [4.78, 5) is 0. The number of aryl methyl sites for hydroxylation is 1. The molecule has 2 aromatic carbocycles. The molecular weight excluding hydrogens is 291 g/mol. The number of aliphatic hydroxyl groups is 1. The first-order chi connectivity index (χ1) is 10.1. The molecular formula is C17H14ClFO2. The van der Waals surface area contributed by atoms with Crippen molar-refractivity contribution < 1.29 is 14.2 Å². The number of hydrogen-bond acceptors (Lipinski definition) is 2. The predicted molar refractivity (Wildman–Crippen MR) is 80.9 cm³/mol. The lowest BCUT2D eigenvalue weighted by Gasteiger charge is -2.09. The zero-order valence-corrected chi connectivity index (χ0v) is 12.2. The van der Waals surface area contributed by atoms with Crippen LogP contribution in [0.25, 0.3) is 0 Å². The standard InChI is InChI=1S/C17H14ClFO2/c1-12-10-15(8-7-13(12)5-3-9-20)21-11-14-4-2-6-16(19)17(14)18/h2,4,6-8,10,20H,9,11H2,1H3. The fourth-order valence-electron chi connectivity index (χ4n) is 1.82. The lowest BCUT2D eigenvalue weighted by atomic mass is 10.1. The van der Waals surface area contributed by atoms with Crippen molar-refractivity contribution in [1.29, 1.82) is 0 Å². The van der Waals surface area contributed by atoms with Crippen LogP contribution in [0.15, 0.2) is 36.4 Å². The Hall–Kier alpha value is -2.02. The lowest BCUT2D eigenvalue weighted by molar-refractivity contribution is 0.305. The van der Waals surface area contributed by atoms with Crippen LogP contribution < -0.4 is 4.74 Å². The third-order valence-electron chi connectivity index (χ3n) is 2.93. The molecule has 4 heteroatoms. The molecule has 0 radical (unpaired) electrons. The van der Waals surface area contributed by atoms with Gasteiger partial charge in [0.25, 0.3) is 0 Å². The van der Waals surface area contributed by atoms with Gasteiger partial charge in [-0.15, -0.1) is 0 Å². The fraction of sp³-hybridized carbons (Fsp3) is 0.176. The Kier molecular flexibility index (Phi) is 5.21. The zero-order valence-electron chi connectivity index (χ0n) is 11.5. The van der Waals surface area contributed by atoms with Gasteiger partial charge in [-0.3, -0.25) is 0 Å². The molecule has 2 rings (SSSR count). The summed E-state index contributed by atoms with van der Waals surface area (Å²) < 4.78 is 18.9. The third-order valence-corrected chi connectivity index (χ3v) is 3.35. The maximum atomic E-state index is 13.3. The summed E-state index contributed by atoms with van der Waals surface area (Å²) in [6, 6.07) is 10.1. The van der Waals surface area contributed by atoms with Gasteiger partial charge in [0.05, 0.1) is 5.02 Å². The number of halogens is 2. The first-order valence-electron chi connectivity index (χ1n) is 6.38. The summed E-state index contributed by atoms with van der Waals surface area (Å²) in [6.45, 7) is 1.93. The minimum absolute atomic E-state index is 0.0830. The van der Waals surface area contributed by atoms with Crippen LogP contribution in [0.5, 0.6) is 5.75 Å². The van der Waals surface area contributed by atoms with Crippen LogP contribution in [0.2, 0.25) is 5.02 Å². The maximum absolute atomic E-state index is 13.3. The number of benzene rings is 2. The van der Waals surface area contributed by atoms with Crippen molar-refractivity contribution in [2.24, 2.45) is 0 Å². The van der Waals surface area contributed by atoms with Crippen molar-refractivity contribution in [2.45, 2.75) is 13.5 Å². The normalized spacial score (nSPS) is 9.90. The zero-order chi connectivity index (χ0) is 15.2. The highest BCUT2D eigenvalue weighted by atomic mass is 35.5. The van der Waals surface area contributed by atoms with Gasteiger partial charge in [-0.25, -0.2) is 4.39 Å². The van der Waals surface area contributed by atoms with E-state index in [1.54, 1.807) is 18.2 Å². The first kappa shape index (κ1) is 15.4. The molecule has 1 N–H and O–H groups in total. The van der Waals surface area contributed by atoms with Gasteiger partial charge < -0.3 is 9.84 Å². The Labute approximate surface area is 128 Å². The molecule has 0 bridgehead atoms. The molecule has 0 unspecified atom stereocenters. The Morgan fingerprint density at radius 1 is 1.29 bits per heavy atom. The number of aliphatic hydroxyl groups excluding tert-OH is 1. The van der Waals surface area contributed by atoms with Gasteiger partial charge in [-0.2, -0.15) is 0 Å². The quantitative estimate of drug-likeness (QED) is 0.876. The minimum atomic E-state index is -0.455. The summed E-state index contributed by atoms with van der Waals surface area (Å²) >= 11 is 5.88. The van der Waals surface area contributed by atoms with Gasteiger partial charge in [0.2, 0.25) is 0 Å². The molecule has 0 aliphatic rings. The number of rotatable bonds is 3. The van der Waals surface area contributed by atoms with Gasteiger partial charge >= 0.3 is 0 Å². The van der Waals surface area contributed by atoms with Gasteiger partial charge in [0.15, 0.2) is 0 Å². The molecule has 0 aliphatic carbocycles. The van der Waals surface area contributed by atoms with Crippen LogP contribution >= 0.6 is 11.6 Å². The van der Waals surface area contributed by atoms with Crippen molar-refractivity contribution in [2.75, 3.05) is 6.61 Å². The molecule has 0 fully saturated rings. The van der Waals surface area contributed by atoms with Crippen molar-refractivity contribution in [3.63, 3.8) is 0 Å². The van der Waals surface area contributed by atoms with E-state index in [0.29, 0.717) is 11.3 Å². The van der Waals surface area contributed by atoms with Gasteiger partial charge in [-0.1, -0.05) is 35.6 Å². The van der Waals surface area contributed by atoms with E-state index in [2.05, 4.69) is 11.8 Å². The lowest BCUT2D eigenvalue weighted by Crippen LogP contribution is -1.98. The molecule has 0 aliphatic heterocycles. The van der Waals surface area contributed by atoms with Crippen molar-refractivity contribution >= 4 is 11.6 Å². The third kappa shape index (κ3) is 3.98. The second kappa shape index (κ2) is 7.12. The molecule has 108 valence electrons. The molecule has 0 aromatic heterocycles. The van der Waals surface area contributed by atoms with Crippen molar-refractivity contribution in [1.82, 2.24) is 0 Å². The molecule has 0 saturated carbocycles. The Bertz CT molecular complexity index is 702. The van der Waals surface area contributed by atoms with Gasteiger partial charge in [-0.05, 0) is 36.8 Å². The van der Waals surface area contributed by atoms with E-state index in [1.165, 1.54) is 6.07 Å². The topological polar surface area (TPSA) is 29.5 Å². The number of hydrogen-bond donors (Lipinski definition) is 1. The summed E-state index contributed by atoms with van der Waals surface area (Å²) in [7, 11) is 0. The summed E-state index contributed by atoms with van der Waals surface area (Å²) in [5.74, 6) is 5.66. The average Bonchev–Trinajstić information content (AvgIpc) is 2.48. The Morgan fingerprint density at radius 3 is 2.81 bits per heavy atom. The van der Waals surface area contributed by atoms with E-state index in [9.17, 15) is 4.39 Å². The Morgan fingerprint density at radius 2 is 2.10 bits per heavy atom. The smallest absolute Gasteiger partial charge is 0.142 e. The van der Waals surface area contributed by atoms with Crippen molar-refractivity contribution in [3.8, 4) is 17.6 Å². The highest BCUT2D eigenvalue weighted by Gasteiger charge is 2.06. The molecule has 0 saturated heterocycles. The SMILES string of the molecule is Cc1cc(OCc2cccc(F)c2Cl)ccc1C#CCO. The van der Waals surface area contributed by atoms with Gasteiger partial charge in [0.1, 0.15) is 24.8 Å². The summed E-state index contributed by atoms with van der Waals surface area (Å²) in [5.41, 5.74) is 2.37. The van der Waals surface area contributed by atoms with E-state index in [4.69, 9.17) is 21.4 Å². The van der Waals surface area contributed by atoms with E-state index in [1.807, 2.05) is 19.1 Å². The van der Waals surface area contributed by atoms with E-state index >= 15 is 0 Å². The minimum Gasteiger partial charge on any atom is -0.489 e. The van der Waals surface area contributed by atoms with Crippen LogP contribution in [-0.2, 0) is 6.61 Å². The predicted octanol–water partition coefficient (Wildman–Crippen LogP) is 3.71. The second-order valence-corrected chi connectivity index (χ2v) is 4.82. The largest absolute Gasteiger partial charge is 0.489 e. The van der Waals surface area contributed by atoms with Crippen LogP contribution in [0.4, 0.5) is 4.39 Å². The molecule has 0 amide bonds. The molecule has 0 atom stereocenters. The van der Waals surface area contributed by atoms with Crippen LogP contribution in [0.1, 0.15) is 16.7 Å². The first-order valence-corrected chi connectivity index (χ1v) is 6.75. The summed E-state index contributed by atoms with van der Waals surface area (Å²) in [6.07, 6.45) is 0. The Balaban J connectivity index is 2.10. The fourth-order valence-corrected chi connectivity index (χ4v) is 2.00. The maximum Gasteiger partial charge on any atom is 0.142 e. The highest BCUT2D eigenvalue weighted by Crippen LogP contribution is 2.22. The van der Waals surface area contributed by atoms with Crippen molar-refractivity contribution in [3.05, 3.63) is 63.9 Å². The van der Waals surface area contributed by atoms with Crippen LogP contribution in [-0.4, -0.2) is 11.7 Å². The monoisotopic (exact) mass is 304 g/mol. The van der Waals surface area contributed by atoms with E-state index in [0.717, 1.165) is 11.1 Å². The van der Waals surface area contributed by atoms with E-state index < -0.39 is 5.82 Å². The highest BCUT2D eigenvalue weighted by molar-refractivity contribution is 6.31. The molecule has 2 aromatic rings. The van der Waals surface area contributed by atoms with Gasteiger partial charge in [0, 0.05) is 11.1 Å². The average molecular weight is 305 g/mol. The second-order valence-electron chi connectivity index (χ2n) is 4.44. The van der Waals surface area contributed by atoms with Crippen LogP contribution in [0.3, 0.4) is 0 Å². The van der Waals surface area contributed by atoms with E-state index in [-0.39, 0.29) is 18.2 Å². The molecule has 0 heterocycles. The summed E-state index contributed by atoms with van der Waals surface area (Å²) in [5, 5.41) is 8.77. The molecule has 2 nitrogen and oxygen atoms in total. The van der Waals surface area contributed by atoms with Crippen LogP contribution in [0, 0.1) is 24.6 Å². The number of ether oxygens (including phenoxy) is 1. The molecule has 21 heavy (non-hydrogen) atoms. The molecule has 0 spiro atoms.